The van der Waals surface area contributed by atoms with Crippen LogP contribution in [0.3, 0.4) is 0 Å². The van der Waals surface area contributed by atoms with Crippen LogP contribution in [0.1, 0.15) is 87.0 Å². The van der Waals surface area contributed by atoms with E-state index in [0.717, 1.165) is 0 Å². The number of hydrogen-bond acceptors (Lipinski definition) is 12. The van der Waals surface area contributed by atoms with Gasteiger partial charge in [0.05, 0.1) is 23.9 Å². The molecule has 3 saturated heterocycles. The molecule has 0 spiro atoms. The molecule has 3 heterocycles. The average Bonchev–Trinajstić information content (AvgIpc) is 3.36. The number of ketones is 1. The Labute approximate surface area is 309 Å². The van der Waals surface area contributed by atoms with Crippen molar-refractivity contribution in [2.24, 2.45) is 22.9 Å². The molecule has 0 saturated carbocycles. The Hall–Kier alpha value is -2.78. The van der Waals surface area contributed by atoms with Crippen molar-refractivity contribution in [3.05, 3.63) is 23.1 Å². The number of Topliss-reactive ketones (excluding diaryl/α,β-unsaturated/α-hetero) is 1. The standard InChI is InChI=1S/C37H64N6O9/c1-12-16-37(48-11)20-22(3)21-39-26(7)31-36(8,52-35(47)43(31)18-15-14-17-40-41-38)28(13-2)50-33(46)25(6)29(44)24(5)32(37)51-34-30(45)27(42(9)10)19-23(4)49-34/h12,22-28,30-32,34,39,45H,1,13-21H2,2-11H3/t22-,23?,24+,25-,26-,27?,28-,30?,31-,32-,34+,36-,37-/m1/s1. The summed E-state index contributed by atoms with van der Waals surface area (Å²) in [5.41, 5.74) is 6.33. The van der Waals surface area contributed by atoms with Crippen LogP contribution in [-0.4, -0.2) is 134 Å². The molecule has 3 fully saturated rings. The van der Waals surface area contributed by atoms with Gasteiger partial charge >= 0.3 is 12.1 Å². The Bertz CT molecular complexity index is 1280. The second-order valence-corrected chi connectivity index (χ2v) is 15.5. The number of nitrogens with one attached hydrogen (secondary N) is 1. The highest BCUT2D eigenvalue weighted by Crippen LogP contribution is 2.41. The molecule has 3 aliphatic rings. The van der Waals surface area contributed by atoms with E-state index in [4.69, 9.17) is 29.2 Å². The Balaban J connectivity index is 2.09. The largest absolute Gasteiger partial charge is 0.458 e. The predicted molar refractivity (Wildman–Crippen MR) is 195 cm³/mol. The number of aliphatic hydroxyl groups is 1. The summed E-state index contributed by atoms with van der Waals surface area (Å²) in [7, 11) is 5.36. The van der Waals surface area contributed by atoms with Crippen LogP contribution < -0.4 is 5.32 Å². The fourth-order valence-electron chi connectivity index (χ4n) is 8.50. The van der Waals surface area contributed by atoms with Gasteiger partial charge in [0.25, 0.3) is 0 Å². The van der Waals surface area contributed by atoms with Crippen molar-refractivity contribution in [1.29, 1.82) is 0 Å². The van der Waals surface area contributed by atoms with Crippen molar-refractivity contribution in [3.63, 3.8) is 0 Å². The third kappa shape index (κ3) is 9.65. The van der Waals surface area contributed by atoms with E-state index in [1.807, 2.05) is 39.8 Å². The minimum Gasteiger partial charge on any atom is -0.458 e. The minimum absolute atomic E-state index is 0.0506. The topological polar surface area (TPSA) is 185 Å². The van der Waals surface area contributed by atoms with Crippen molar-refractivity contribution >= 4 is 17.8 Å². The Kier molecular flexibility index (Phi) is 15.9. The lowest BCUT2D eigenvalue weighted by Gasteiger charge is -2.47. The summed E-state index contributed by atoms with van der Waals surface area (Å²) in [5.74, 6) is -3.31. The second-order valence-electron chi connectivity index (χ2n) is 15.5. The highest BCUT2D eigenvalue weighted by molar-refractivity contribution is 6.00. The number of unbranched alkanes of at least 4 members (excludes halogenated alkanes) is 1. The summed E-state index contributed by atoms with van der Waals surface area (Å²) >= 11 is 0. The van der Waals surface area contributed by atoms with Crippen LogP contribution in [-0.2, 0) is 33.3 Å². The van der Waals surface area contributed by atoms with E-state index >= 15 is 0 Å². The molecular weight excluding hydrogens is 672 g/mol. The van der Waals surface area contributed by atoms with Gasteiger partial charge in [0.2, 0.25) is 0 Å². The summed E-state index contributed by atoms with van der Waals surface area (Å²) in [6.07, 6.45) is -0.0783. The van der Waals surface area contributed by atoms with Gasteiger partial charge in [-0.2, -0.15) is 0 Å². The number of amides is 1. The van der Waals surface area contributed by atoms with Crippen LogP contribution in [0.4, 0.5) is 4.79 Å². The Morgan fingerprint density at radius 2 is 1.88 bits per heavy atom. The monoisotopic (exact) mass is 736 g/mol. The number of ether oxygens (including phenoxy) is 5. The lowest BCUT2D eigenvalue weighted by molar-refractivity contribution is -0.297. The molecule has 52 heavy (non-hydrogen) atoms. The summed E-state index contributed by atoms with van der Waals surface area (Å²) in [4.78, 5) is 48.2. The summed E-state index contributed by atoms with van der Waals surface area (Å²) in [6, 6.07) is -1.10. The van der Waals surface area contributed by atoms with Gasteiger partial charge < -0.3 is 39.0 Å². The van der Waals surface area contributed by atoms with Crippen LogP contribution >= 0.6 is 0 Å². The molecule has 0 aliphatic carbocycles. The molecule has 1 amide bonds. The van der Waals surface area contributed by atoms with Crippen LogP contribution in [0.25, 0.3) is 10.4 Å². The van der Waals surface area contributed by atoms with Crippen LogP contribution in [0.2, 0.25) is 0 Å². The fraction of sp³-hybridized carbons (Fsp3) is 0.865. The second kappa shape index (κ2) is 19.0. The summed E-state index contributed by atoms with van der Waals surface area (Å²) < 4.78 is 31.5. The first-order chi connectivity index (χ1) is 24.5. The van der Waals surface area contributed by atoms with Gasteiger partial charge in [-0.25, -0.2) is 4.79 Å². The first-order valence-corrected chi connectivity index (χ1v) is 18.8. The number of esters is 1. The maximum atomic E-state index is 14.4. The molecule has 0 bridgehead atoms. The number of nitrogens with zero attached hydrogens (tertiary/aromatic N) is 5. The van der Waals surface area contributed by atoms with E-state index in [1.54, 1.807) is 31.9 Å². The van der Waals surface area contributed by atoms with E-state index in [-0.39, 0.29) is 24.1 Å². The smallest absolute Gasteiger partial charge is 0.410 e. The molecule has 0 aromatic rings. The lowest BCUT2D eigenvalue weighted by atomic mass is 9.75. The van der Waals surface area contributed by atoms with Crippen LogP contribution in [0.15, 0.2) is 17.8 Å². The van der Waals surface area contributed by atoms with E-state index in [0.29, 0.717) is 58.2 Å². The van der Waals surface area contributed by atoms with Gasteiger partial charge in [0, 0.05) is 43.1 Å². The number of rotatable bonds is 12. The zero-order chi connectivity index (χ0) is 39.0. The van der Waals surface area contributed by atoms with Gasteiger partial charge in [-0.05, 0) is 98.3 Å². The summed E-state index contributed by atoms with van der Waals surface area (Å²) in [5, 5.41) is 18.7. The molecular formula is C37H64N6O9. The molecule has 15 nitrogen and oxygen atoms in total. The molecule has 3 unspecified atom stereocenters. The number of carbonyl (C=O) groups excluding carboxylic acids is 3. The molecule has 2 N–H and O–H groups in total. The number of cyclic esters (lactones) is 1. The summed E-state index contributed by atoms with van der Waals surface area (Å²) in [6.45, 7) is 18.0. The lowest BCUT2D eigenvalue weighted by Crippen LogP contribution is -2.61. The quantitative estimate of drug-likeness (QED) is 0.0543. The van der Waals surface area contributed by atoms with Crippen molar-refractivity contribution in [2.75, 3.05) is 40.8 Å². The minimum atomic E-state index is -1.24. The Morgan fingerprint density at radius 1 is 1.19 bits per heavy atom. The molecule has 0 aromatic carbocycles. The average molecular weight is 737 g/mol. The van der Waals surface area contributed by atoms with Crippen LogP contribution in [0.5, 0.6) is 0 Å². The fourth-order valence-corrected chi connectivity index (χ4v) is 8.50. The Morgan fingerprint density at radius 3 is 2.48 bits per heavy atom. The number of methoxy groups -OCH3 is 1. The highest BCUT2D eigenvalue weighted by Gasteiger charge is 2.59. The van der Waals surface area contributed by atoms with Gasteiger partial charge in [0.15, 0.2) is 17.7 Å². The number of likely N-dealkylation sites (N-methyl/N-ethyl adjacent to an activating group) is 1. The third-order valence-corrected chi connectivity index (χ3v) is 11.3. The van der Waals surface area contributed by atoms with E-state index < -0.39 is 71.5 Å². The maximum Gasteiger partial charge on any atom is 0.410 e. The first kappa shape index (κ1) is 43.6. The number of aliphatic hydroxyl groups excluding tert-OH is 1. The maximum absolute atomic E-state index is 14.4. The van der Waals surface area contributed by atoms with E-state index in [9.17, 15) is 19.5 Å². The zero-order valence-corrected chi connectivity index (χ0v) is 32.9. The SMILES string of the molecule is C=CC[C@@]1(OC)C[C@@H](C)CN[C@H](C)[C@H]2N(CCCCN=[N+]=[N-])C(=O)O[C@]2(C)[C@@H](CC)OC(=O)[C@H](C)C(=O)[C@H](C)[C@H]1O[C@@H]1OC(C)CC(N(C)C)C1O. The predicted octanol–water partition coefficient (Wildman–Crippen LogP) is 4.61. The number of azide groups is 1. The van der Waals surface area contributed by atoms with Crippen molar-refractivity contribution in [3.8, 4) is 0 Å². The third-order valence-electron chi connectivity index (χ3n) is 11.3. The number of fused-ring (bicyclic) bond motifs is 1. The van der Waals surface area contributed by atoms with E-state index in [1.165, 1.54) is 6.92 Å². The molecule has 3 rings (SSSR count). The molecule has 0 radical (unpaired) electrons. The number of hydrogen-bond donors (Lipinski definition) is 2. The van der Waals surface area contributed by atoms with E-state index in [2.05, 4.69) is 28.8 Å². The number of carbonyl (C=O) groups is 3. The van der Waals surface area contributed by atoms with Crippen molar-refractivity contribution in [2.45, 2.75) is 147 Å². The molecule has 0 aromatic heterocycles. The molecule has 13 atom stereocenters. The van der Waals surface area contributed by atoms with Gasteiger partial charge in [-0.3, -0.25) is 14.5 Å². The zero-order valence-electron chi connectivity index (χ0n) is 32.9. The first-order valence-electron chi connectivity index (χ1n) is 18.8. The van der Waals surface area contributed by atoms with Crippen molar-refractivity contribution in [1.82, 2.24) is 15.1 Å². The normalized spacial score (nSPS) is 39.5. The molecule has 15 heteroatoms. The van der Waals surface area contributed by atoms with Crippen molar-refractivity contribution < 1.29 is 43.2 Å². The highest BCUT2D eigenvalue weighted by atomic mass is 16.7. The van der Waals surface area contributed by atoms with Crippen LogP contribution in [0, 0.1) is 17.8 Å². The molecule has 3 aliphatic heterocycles. The van der Waals surface area contributed by atoms with Gasteiger partial charge in [0.1, 0.15) is 18.1 Å². The molecule has 296 valence electrons. The van der Waals surface area contributed by atoms with Gasteiger partial charge in [-0.15, -0.1) is 6.58 Å². The van der Waals surface area contributed by atoms with Gasteiger partial charge in [-0.1, -0.05) is 32.0 Å².